The zero-order valence-corrected chi connectivity index (χ0v) is 7.84. The minimum Gasteiger partial charge on any atom is -0.289 e. The van der Waals surface area contributed by atoms with Gasteiger partial charge in [-0.3, -0.25) is 14.3 Å². The fraction of sp³-hybridized carbons (Fsp3) is 0.286. The van der Waals surface area contributed by atoms with Gasteiger partial charge in [-0.05, 0) is 12.1 Å². The van der Waals surface area contributed by atoms with Crippen LogP contribution in [0.5, 0.6) is 0 Å². The molecule has 1 rings (SSSR count). The molecule has 0 aliphatic carbocycles. The summed E-state index contributed by atoms with van der Waals surface area (Å²) >= 11 is -1.99. The van der Waals surface area contributed by atoms with Gasteiger partial charge in [0.25, 0.3) is 11.3 Å². The third-order valence-corrected chi connectivity index (χ3v) is 1.30. The van der Waals surface area contributed by atoms with Gasteiger partial charge in [-0.25, -0.2) is 4.21 Å². The Morgan fingerprint density at radius 3 is 2.42 bits per heavy atom. The lowest BCUT2D eigenvalue weighted by Gasteiger charge is -1.97. The Hall–Kier alpha value is -0.940. The van der Waals surface area contributed by atoms with Crippen molar-refractivity contribution in [2.24, 2.45) is 0 Å². The molecule has 0 aromatic carbocycles. The molecule has 12 heavy (non-hydrogen) atoms. The zero-order chi connectivity index (χ0) is 9.40. The molecule has 0 amide bonds. The summed E-state index contributed by atoms with van der Waals surface area (Å²) in [7, 11) is 0. The van der Waals surface area contributed by atoms with Gasteiger partial charge in [0, 0.05) is 13.8 Å². The van der Waals surface area contributed by atoms with E-state index < -0.39 is 11.3 Å². The third-order valence-electron chi connectivity index (χ3n) is 0.885. The van der Waals surface area contributed by atoms with Crippen molar-refractivity contribution in [2.45, 2.75) is 13.8 Å². The molecule has 0 aliphatic heterocycles. The first kappa shape index (κ1) is 11.1. The maximum Gasteiger partial charge on any atom is 0.259 e. The lowest BCUT2D eigenvalue weighted by molar-refractivity contribution is 0.570. The van der Waals surface area contributed by atoms with Gasteiger partial charge in [-0.2, -0.15) is 0 Å². The predicted octanol–water partition coefficient (Wildman–Crippen LogP) is 1.90. The molecular formula is C7H14N2O2S. The van der Waals surface area contributed by atoms with Crippen LogP contribution in [0.4, 0.5) is 5.69 Å². The van der Waals surface area contributed by atoms with Gasteiger partial charge in [-0.15, -0.1) is 0 Å². The van der Waals surface area contributed by atoms with Crippen LogP contribution in [0.1, 0.15) is 15.3 Å². The molecule has 0 spiro atoms. The molecule has 0 bridgehead atoms. The molecule has 70 valence electrons. The number of pyridine rings is 1. The fourth-order valence-corrected chi connectivity index (χ4v) is 0.858. The van der Waals surface area contributed by atoms with Crippen LogP contribution in [0.25, 0.3) is 0 Å². The lowest BCUT2D eigenvalue weighted by atomic mass is 10.4. The van der Waals surface area contributed by atoms with Gasteiger partial charge in [0.15, 0.2) is 0 Å². The molecule has 1 aromatic rings. The Labute approximate surface area is 75.9 Å². The molecule has 0 saturated heterocycles. The van der Waals surface area contributed by atoms with Crippen molar-refractivity contribution in [3.8, 4) is 0 Å². The highest BCUT2D eigenvalue weighted by Gasteiger charge is 1.91. The van der Waals surface area contributed by atoms with Gasteiger partial charge < -0.3 is 0 Å². The molecular weight excluding hydrogens is 176 g/mol. The van der Waals surface area contributed by atoms with E-state index in [9.17, 15) is 4.21 Å². The van der Waals surface area contributed by atoms with E-state index in [4.69, 9.17) is 4.55 Å². The van der Waals surface area contributed by atoms with Crippen molar-refractivity contribution in [1.82, 2.24) is 4.98 Å². The van der Waals surface area contributed by atoms with Crippen LogP contribution >= 0.6 is 0 Å². The molecule has 0 aliphatic rings. The maximum absolute atomic E-state index is 10.1. The van der Waals surface area contributed by atoms with Crippen molar-refractivity contribution >= 4 is 17.0 Å². The third kappa shape index (κ3) is 4.81. The predicted molar refractivity (Wildman–Crippen MR) is 52.1 cm³/mol. The first-order valence-corrected chi connectivity index (χ1v) is 4.67. The van der Waals surface area contributed by atoms with Gasteiger partial charge in [0.2, 0.25) is 0 Å². The second-order valence-electron chi connectivity index (χ2n) is 1.59. The van der Waals surface area contributed by atoms with Gasteiger partial charge in [-0.1, -0.05) is 13.8 Å². The first-order valence-electron chi connectivity index (χ1n) is 3.56. The molecule has 0 fully saturated rings. The van der Waals surface area contributed by atoms with E-state index in [0.29, 0.717) is 5.69 Å². The maximum atomic E-state index is 10.1. The van der Waals surface area contributed by atoms with E-state index in [1.165, 1.54) is 12.4 Å². The number of hydrogen-bond donors (Lipinski definition) is 2. The van der Waals surface area contributed by atoms with E-state index in [2.05, 4.69) is 9.71 Å². The molecule has 0 saturated carbocycles. The Kier molecular flexibility index (Phi) is 6.22. The van der Waals surface area contributed by atoms with Crippen molar-refractivity contribution < 1.29 is 10.2 Å². The number of aromatic nitrogens is 1. The molecule has 1 unspecified atom stereocenters. The quantitative estimate of drug-likeness (QED) is 0.700. The van der Waals surface area contributed by atoms with Crippen molar-refractivity contribution in [3.63, 3.8) is 0 Å². The topological polar surface area (TPSA) is 62.2 Å². The summed E-state index contributed by atoms with van der Waals surface area (Å²) in [6.45, 7) is 4.00. The number of nitrogens with zero attached hydrogens (tertiary/aromatic N) is 1. The van der Waals surface area contributed by atoms with Crippen LogP contribution in [0, 0.1) is 0 Å². The average molecular weight is 190 g/mol. The van der Waals surface area contributed by atoms with Crippen LogP contribution in [0.2, 0.25) is 0 Å². The van der Waals surface area contributed by atoms with Gasteiger partial charge >= 0.3 is 0 Å². The summed E-state index contributed by atoms with van der Waals surface area (Å²) in [5, 5.41) is 0. The van der Waals surface area contributed by atoms with E-state index in [-0.39, 0.29) is 1.43 Å². The average Bonchev–Trinajstić information content (AvgIpc) is 2.08. The van der Waals surface area contributed by atoms with Crippen LogP contribution in [0.3, 0.4) is 0 Å². The number of anilines is 1. The Morgan fingerprint density at radius 2 is 2.00 bits per heavy atom. The van der Waals surface area contributed by atoms with E-state index >= 15 is 0 Å². The molecule has 0 radical (unpaired) electrons. The molecule has 1 atom stereocenters. The van der Waals surface area contributed by atoms with Crippen molar-refractivity contribution in [1.29, 1.82) is 0 Å². The molecule has 2 N–H and O–H groups in total. The molecule has 1 heterocycles. The first-order chi connectivity index (χ1) is 5.79. The van der Waals surface area contributed by atoms with Gasteiger partial charge in [0.05, 0.1) is 5.69 Å². The van der Waals surface area contributed by atoms with E-state index in [1.54, 1.807) is 12.1 Å². The Bertz CT molecular complexity index is 233. The van der Waals surface area contributed by atoms with Crippen LogP contribution in [0.15, 0.2) is 24.5 Å². The Balaban J connectivity index is 0. The summed E-state index contributed by atoms with van der Waals surface area (Å²) in [5.74, 6) is 0. The molecule has 4 nitrogen and oxygen atoms in total. The summed E-state index contributed by atoms with van der Waals surface area (Å²) < 4.78 is 20.8. The minimum absolute atomic E-state index is 0. The molecule has 5 heteroatoms. The largest absolute Gasteiger partial charge is 0.289 e. The number of rotatable bonds is 2. The SMILES string of the molecule is CC.O=S(O)Nc1ccncc1.[HH]. The monoisotopic (exact) mass is 190 g/mol. The summed E-state index contributed by atoms with van der Waals surface area (Å²) in [6.07, 6.45) is 3.07. The fourth-order valence-electron chi connectivity index (χ4n) is 0.521. The second-order valence-corrected chi connectivity index (χ2v) is 2.29. The van der Waals surface area contributed by atoms with E-state index in [1.807, 2.05) is 13.8 Å². The van der Waals surface area contributed by atoms with Crippen LogP contribution in [-0.2, 0) is 11.3 Å². The standard InChI is InChI=1S/C5H6N2O2S.C2H6.H2/c8-10(9)7-5-1-3-6-4-2-5;1-2;/h1-4H,(H,6,7)(H,8,9);1-2H3;1H. The highest BCUT2D eigenvalue weighted by Crippen LogP contribution is 2.02. The smallest absolute Gasteiger partial charge is 0.259 e. The number of nitrogens with one attached hydrogen (secondary N) is 1. The summed E-state index contributed by atoms with van der Waals surface area (Å²) in [4.78, 5) is 3.73. The van der Waals surface area contributed by atoms with Crippen LogP contribution < -0.4 is 4.72 Å². The minimum atomic E-state index is -1.99. The van der Waals surface area contributed by atoms with Crippen molar-refractivity contribution in [3.05, 3.63) is 24.5 Å². The number of hydrogen-bond acceptors (Lipinski definition) is 2. The molecule has 1 aromatic heterocycles. The van der Waals surface area contributed by atoms with Gasteiger partial charge in [0.1, 0.15) is 0 Å². The summed E-state index contributed by atoms with van der Waals surface area (Å²) in [5.41, 5.74) is 0.579. The second kappa shape index (κ2) is 6.75. The summed E-state index contributed by atoms with van der Waals surface area (Å²) in [6, 6.07) is 3.21. The lowest BCUT2D eigenvalue weighted by Crippen LogP contribution is -2.01. The van der Waals surface area contributed by atoms with E-state index in [0.717, 1.165) is 0 Å². The van der Waals surface area contributed by atoms with Crippen LogP contribution in [-0.4, -0.2) is 13.7 Å². The Morgan fingerprint density at radius 1 is 1.50 bits per heavy atom. The highest BCUT2D eigenvalue weighted by molar-refractivity contribution is 7.80. The zero-order valence-electron chi connectivity index (χ0n) is 7.02. The van der Waals surface area contributed by atoms with Crippen molar-refractivity contribution in [2.75, 3.05) is 4.72 Å². The normalized spacial score (nSPS) is 10.9. The highest BCUT2D eigenvalue weighted by atomic mass is 32.2.